The molecule has 2 saturated heterocycles. The fraction of sp³-hybridized carbons (Fsp3) is 0.550. The van der Waals surface area contributed by atoms with Crippen molar-refractivity contribution < 1.29 is 14.4 Å². The number of imide groups is 1. The maximum Gasteiger partial charge on any atom is 0.250 e. The van der Waals surface area contributed by atoms with E-state index >= 15 is 0 Å². The van der Waals surface area contributed by atoms with Gasteiger partial charge < -0.3 is 5.32 Å². The Morgan fingerprint density at radius 3 is 2.75 bits per heavy atom. The van der Waals surface area contributed by atoms with Crippen molar-refractivity contribution in [2.45, 2.75) is 37.8 Å². The Balaban J connectivity index is 1.82. The minimum atomic E-state index is -1.23. The highest BCUT2D eigenvalue weighted by Crippen LogP contribution is 2.54. The Labute approximate surface area is 173 Å². The van der Waals surface area contributed by atoms with Gasteiger partial charge in [-0.2, -0.15) is 11.8 Å². The molecule has 3 heterocycles. The van der Waals surface area contributed by atoms with Crippen molar-refractivity contribution in [3.8, 4) is 0 Å². The van der Waals surface area contributed by atoms with E-state index in [0.717, 1.165) is 18.6 Å². The van der Waals surface area contributed by atoms with Gasteiger partial charge in [0.15, 0.2) is 0 Å². The van der Waals surface area contributed by atoms with Crippen LogP contribution in [0.25, 0.3) is 0 Å². The zero-order valence-electron chi connectivity index (χ0n) is 16.0. The molecule has 1 aromatic carbocycles. The SMILES string of the molecule is CCCCN1C(=O)[C@H]2[C@@H](C1=O)[C@]1(N[C@@H]2CCSC)C(=O)Nc2c(Cl)cccc21. The van der Waals surface area contributed by atoms with E-state index in [2.05, 4.69) is 10.6 Å². The van der Waals surface area contributed by atoms with Gasteiger partial charge in [-0.05, 0) is 30.9 Å². The summed E-state index contributed by atoms with van der Waals surface area (Å²) in [6, 6.07) is 5.10. The first-order valence-electron chi connectivity index (χ1n) is 9.69. The molecule has 0 aliphatic carbocycles. The number of halogens is 1. The third kappa shape index (κ3) is 2.63. The molecular weight excluding hydrogens is 398 g/mol. The topological polar surface area (TPSA) is 78.5 Å². The largest absolute Gasteiger partial charge is 0.323 e. The minimum absolute atomic E-state index is 0.151. The third-order valence-corrected chi connectivity index (χ3v) is 7.12. The van der Waals surface area contributed by atoms with Gasteiger partial charge in [0, 0.05) is 18.2 Å². The summed E-state index contributed by atoms with van der Waals surface area (Å²) < 4.78 is 0. The number of amides is 3. The van der Waals surface area contributed by atoms with Gasteiger partial charge in [0.2, 0.25) is 17.7 Å². The first kappa shape index (κ1) is 19.7. The predicted molar refractivity (Wildman–Crippen MR) is 110 cm³/mol. The molecule has 1 aromatic rings. The van der Waals surface area contributed by atoms with Gasteiger partial charge in [-0.15, -0.1) is 0 Å². The maximum absolute atomic E-state index is 13.4. The monoisotopic (exact) mass is 421 g/mol. The van der Waals surface area contributed by atoms with Crippen LogP contribution in [0.1, 0.15) is 31.7 Å². The van der Waals surface area contributed by atoms with E-state index in [1.807, 2.05) is 19.2 Å². The Bertz CT molecular complexity index is 848. The third-order valence-electron chi connectivity index (χ3n) is 6.16. The summed E-state index contributed by atoms with van der Waals surface area (Å²) in [5, 5.41) is 6.72. The maximum atomic E-state index is 13.4. The number of rotatable bonds is 6. The highest BCUT2D eigenvalue weighted by Gasteiger charge is 2.70. The highest BCUT2D eigenvalue weighted by atomic mass is 35.5. The number of unbranched alkanes of at least 4 members (excludes halogenated alkanes) is 1. The first-order chi connectivity index (χ1) is 13.5. The van der Waals surface area contributed by atoms with E-state index < -0.39 is 17.4 Å². The molecule has 0 aromatic heterocycles. The second-order valence-electron chi connectivity index (χ2n) is 7.64. The van der Waals surface area contributed by atoms with E-state index in [0.29, 0.717) is 29.2 Å². The molecule has 150 valence electrons. The van der Waals surface area contributed by atoms with Crippen molar-refractivity contribution in [1.29, 1.82) is 0 Å². The van der Waals surface area contributed by atoms with E-state index in [-0.39, 0.29) is 23.8 Å². The minimum Gasteiger partial charge on any atom is -0.323 e. The summed E-state index contributed by atoms with van der Waals surface area (Å²) in [6.45, 7) is 2.44. The molecule has 3 aliphatic heterocycles. The summed E-state index contributed by atoms with van der Waals surface area (Å²) in [5.41, 5.74) is -0.0230. The van der Waals surface area contributed by atoms with Gasteiger partial charge in [-0.25, -0.2) is 0 Å². The Kier molecular flexibility index (Phi) is 5.18. The number of fused-ring (bicyclic) bond motifs is 4. The Morgan fingerprint density at radius 2 is 2.04 bits per heavy atom. The highest BCUT2D eigenvalue weighted by molar-refractivity contribution is 7.98. The van der Waals surface area contributed by atoms with E-state index in [1.165, 1.54) is 4.90 Å². The lowest BCUT2D eigenvalue weighted by Crippen LogP contribution is -2.53. The molecule has 2 fully saturated rings. The molecule has 4 rings (SSSR count). The molecule has 3 amide bonds. The van der Waals surface area contributed by atoms with E-state index in [4.69, 9.17) is 11.6 Å². The molecule has 0 saturated carbocycles. The van der Waals surface area contributed by atoms with E-state index in [9.17, 15) is 14.4 Å². The van der Waals surface area contributed by atoms with Gasteiger partial charge in [0.1, 0.15) is 5.54 Å². The summed E-state index contributed by atoms with van der Waals surface area (Å²) in [5.74, 6) is -1.10. The second kappa shape index (κ2) is 7.35. The summed E-state index contributed by atoms with van der Waals surface area (Å²) in [7, 11) is 0. The van der Waals surface area contributed by atoms with Crippen LogP contribution in [0.2, 0.25) is 5.02 Å². The number of nitrogens with zero attached hydrogens (tertiary/aromatic N) is 1. The molecule has 0 radical (unpaired) electrons. The quantitative estimate of drug-likeness (QED) is 0.690. The van der Waals surface area contributed by atoms with Crippen LogP contribution in [0.15, 0.2) is 18.2 Å². The number of carbonyl (C=O) groups is 3. The number of benzene rings is 1. The molecule has 4 atom stereocenters. The number of hydrogen-bond donors (Lipinski definition) is 2. The fourth-order valence-electron chi connectivity index (χ4n) is 4.88. The van der Waals surface area contributed by atoms with E-state index in [1.54, 1.807) is 23.9 Å². The average molecular weight is 422 g/mol. The molecule has 0 unspecified atom stereocenters. The number of para-hydroxylation sites is 1. The molecular formula is C20H24ClN3O3S. The van der Waals surface area contributed by atoms with Crippen molar-refractivity contribution in [1.82, 2.24) is 10.2 Å². The van der Waals surface area contributed by atoms with Crippen molar-refractivity contribution in [3.05, 3.63) is 28.8 Å². The number of hydrogen-bond acceptors (Lipinski definition) is 5. The van der Waals surface area contributed by atoms with Crippen LogP contribution in [0.4, 0.5) is 5.69 Å². The molecule has 3 aliphatic rings. The standard InChI is InChI=1S/C20H24ClN3O3S/c1-3-4-9-24-17(25)14-13(8-10-28-2)23-20(15(14)18(24)26)11-6-5-7-12(21)16(11)22-19(20)27/h5-7,13-15,23H,3-4,8-10H2,1-2H3,(H,22,27)/t13-,14-,15+,20+/m1/s1. The molecule has 8 heteroatoms. The predicted octanol–water partition coefficient (Wildman–Crippen LogP) is 2.61. The number of anilines is 1. The summed E-state index contributed by atoms with van der Waals surface area (Å²) in [4.78, 5) is 41.2. The Hall–Kier alpha value is -1.57. The number of thioether (sulfide) groups is 1. The molecule has 6 nitrogen and oxygen atoms in total. The zero-order chi connectivity index (χ0) is 20.1. The zero-order valence-corrected chi connectivity index (χ0v) is 17.5. The van der Waals surface area contributed by atoms with Crippen molar-refractivity contribution in [3.63, 3.8) is 0 Å². The molecule has 0 bridgehead atoms. The normalized spacial score (nSPS) is 30.9. The second-order valence-corrected chi connectivity index (χ2v) is 9.03. The van der Waals surface area contributed by atoms with Crippen LogP contribution >= 0.6 is 23.4 Å². The molecule has 2 N–H and O–H groups in total. The van der Waals surface area contributed by atoms with Crippen LogP contribution in [0.3, 0.4) is 0 Å². The van der Waals surface area contributed by atoms with Crippen molar-refractivity contribution in [2.75, 3.05) is 23.9 Å². The van der Waals surface area contributed by atoms with Gasteiger partial charge in [0.25, 0.3) is 0 Å². The number of likely N-dealkylation sites (tertiary alicyclic amines) is 1. The van der Waals surface area contributed by atoms with Gasteiger partial charge in [0.05, 0.1) is 22.5 Å². The first-order valence-corrected chi connectivity index (χ1v) is 11.5. The number of carbonyl (C=O) groups excluding carboxylic acids is 3. The van der Waals surface area contributed by atoms with Crippen molar-refractivity contribution in [2.24, 2.45) is 11.8 Å². The van der Waals surface area contributed by atoms with Crippen molar-refractivity contribution >= 4 is 46.8 Å². The Morgan fingerprint density at radius 1 is 1.25 bits per heavy atom. The smallest absolute Gasteiger partial charge is 0.250 e. The van der Waals surface area contributed by atoms with Crippen LogP contribution < -0.4 is 10.6 Å². The lowest BCUT2D eigenvalue weighted by atomic mass is 9.76. The molecule has 28 heavy (non-hydrogen) atoms. The van der Waals surface area contributed by atoms with Gasteiger partial charge in [-0.3, -0.25) is 24.6 Å². The van der Waals surface area contributed by atoms with Gasteiger partial charge in [-0.1, -0.05) is 37.1 Å². The average Bonchev–Trinajstić information content (AvgIpc) is 3.25. The van der Waals surface area contributed by atoms with Crippen LogP contribution in [-0.2, 0) is 19.9 Å². The lowest BCUT2D eigenvalue weighted by Gasteiger charge is -2.29. The summed E-state index contributed by atoms with van der Waals surface area (Å²) >= 11 is 8.00. The fourth-order valence-corrected chi connectivity index (χ4v) is 5.59. The van der Waals surface area contributed by atoms with Crippen LogP contribution in [0.5, 0.6) is 0 Å². The summed E-state index contributed by atoms with van der Waals surface area (Å²) in [6.07, 6.45) is 4.38. The van der Waals surface area contributed by atoms with Gasteiger partial charge >= 0.3 is 0 Å². The van der Waals surface area contributed by atoms with Crippen LogP contribution in [-0.4, -0.2) is 47.2 Å². The lowest BCUT2D eigenvalue weighted by molar-refractivity contribution is -0.142. The van der Waals surface area contributed by atoms with Crippen LogP contribution in [0, 0.1) is 11.8 Å². The molecule has 1 spiro atoms. The number of nitrogens with one attached hydrogen (secondary N) is 2.